The summed E-state index contributed by atoms with van der Waals surface area (Å²) in [7, 11) is 0. The average molecular weight is 284 g/mol. The molecule has 108 valence electrons. The van der Waals surface area contributed by atoms with Gasteiger partial charge in [0.2, 0.25) is 0 Å². The molecule has 0 aliphatic rings. The van der Waals surface area contributed by atoms with Crippen LogP contribution < -0.4 is 10.6 Å². The summed E-state index contributed by atoms with van der Waals surface area (Å²) in [5, 5.41) is 10.4. The number of amides is 1. The molecule has 0 fully saturated rings. The molecule has 0 spiro atoms. The first kappa shape index (κ1) is 16.0. The Morgan fingerprint density at radius 1 is 1.32 bits per heavy atom. The summed E-state index contributed by atoms with van der Waals surface area (Å²) in [5.41, 5.74) is 0.951. The Morgan fingerprint density at radius 3 is 2.74 bits per heavy atom. The third kappa shape index (κ3) is 8.61. The molecule has 1 aromatic rings. The Hall–Kier alpha value is -1.07. The van der Waals surface area contributed by atoms with Crippen molar-refractivity contribution in [3.8, 4) is 0 Å². The normalized spacial score (nSPS) is 11.3. The molecule has 1 amide bonds. The fraction of sp³-hybridized carbons (Fsp3) is 0.643. The Bertz CT molecular complexity index is 358. The number of alkyl carbamates (subject to hydrolysis) is 1. The lowest BCUT2D eigenvalue weighted by atomic mass is 10.2. The molecule has 4 nitrogen and oxygen atoms in total. The lowest BCUT2D eigenvalue weighted by Gasteiger charge is -2.19. The van der Waals surface area contributed by atoms with E-state index in [2.05, 4.69) is 27.5 Å². The van der Waals surface area contributed by atoms with Crippen molar-refractivity contribution in [3.05, 3.63) is 22.4 Å². The number of rotatable bonds is 7. The summed E-state index contributed by atoms with van der Waals surface area (Å²) in [6, 6.07) is 2.15. The lowest BCUT2D eigenvalue weighted by molar-refractivity contribution is 0.0527. The summed E-state index contributed by atoms with van der Waals surface area (Å²) < 4.78 is 5.15. The third-order valence-electron chi connectivity index (χ3n) is 2.37. The van der Waals surface area contributed by atoms with E-state index in [1.165, 1.54) is 5.56 Å². The monoisotopic (exact) mass is 284 g/mol. The molecule has 0 saturated carbocycles. The largest absolute Gasteiger partial charge is 0.444 e. The van der Waals surface area contributed by atoms with Gasteiger partial charge in [-0.1, -0.05) is 0 Å². The number of carbonyl (C=O) groups is 1. The summed E-state index contributed by atoms with van der Waals surface area (Å²) in [6.45, 7) is 8.10. The van der Waals surface area contributed by atoms with Crippen LogP contribution in [0.3, 0.4) is 0 Å². The maximum absolute atomic E-state index is 11.4. The number of ether oxygens (including phenoxy) is 1. The van der Waals surface area contributed by atoms with Crippen LogP contribution in [0.2, 0.25) is 0 Å². The molecular formula is C14H24N2O2S. The van der Waals surface area contributed by atoms with Crippen LogP contribution in [0.4, 0.5) is 4.79 Å². The summed E-state index contributed by atoms with van der Waals surface area (Å²) in [6.07, 6.45) is 1.62. The van der Waals surface area contributed by atoms with Gasteiger partial charge in [0.25, 0.3) is 0 Å². The zero-order valence-corrected chi connectivity index (χ0v) is 12.8. The Morgan fingerprint density at radius 2 is 2.11 bits per heavy atom. The van der Waals surface area contributed by atoms with Crippen molar-refractivity contribution in [2.75, 3.05) is 19.6 Å². The van der Waals surface area contributed by atoms with Gasteiger partial charge in [0.1, 0.15) is 5.60 Å². The number of nitrogens with one attached hydrogen (secondary N) is 2. The second-order valence-corrected chi connectivity index (χ2v) is 6.19. The van der Waals surface area contributed by atoms with Crippen LogP contribution in [0.25, 0.3) is 0 Å². The first-order valence-electron chi connectivity index (χ1n) is 6.66. The molecule has 1 aromatic heterocycles. The van der Waals surface area contributed by atoms with Gasteiger partial charge >= 0.3 is 6.09 Å². The van der Waals surface area contributed by atoms with E-state index in [0.29, 0.717) is 6.54 Å². The van der Waals surface area contributed by atoms with Crippen molar-refractivity contribution in [1.29, 1.82) is 0 Å². The highest BCUT2D eigenvalue weighted by Gasteiger charge is 2.15. The predicted molar refractivity (Wildman–Crippen MR) is 79.7 cm³/mol. The van der Waals surface area contributed by atoms with E-state index < -0.39 is 5.60 Å². The maximum atomic E-state index is 11.4. The van der Waals surface area contributed by atoms with Crippen LogP contribution in [0.15, 0.2) is 16.8 Å². The van der Waals surface area contributed by atoms with Crippen LogP contribution in [0.1, 0.15) is 32.8 Å². The maximum Gasteiger partial charge on any atom is 0.407 e. The smallest absolute Gasteiger partial charge is 0.407 e. The van der Waals surface area contributed by atoms with Crippen LogP contribution in [0.5, 0.6) is 0 Å². The molecule has 0 saturated heterocycles. The molecule has 0 radical (unpaired) electrons. The van der Waals surface area contributed by atoms with Gasteiger partial charge in [0.05, 0.1) is 0 Å². The topological polar surface area (TPSA) is 50.4 Å². The molecule has 0 atom stereocenters. The zero-order valence-electron chi connectivity index (χ0n) is 12.0. The molecule has 5 heteroatoms. The molecule has 1 heterocycles. The van der Waals surface area contributed by atoms with E-state index in [1.54, 1.807) is 11.3 Å². The highest BCUT2D eigenvalue weighted by Crippen LogP contribution is 2.06. The minimum Gasteiger partial charge on any atom is -0.444 e. The van der Waals surface area contributed by atoms with E-state index >= 15 is 0 Å². The second-order valence-electron chi connectivity index (χ2n) is 5.41. The Labute approximate surface area is 119 Å². The van der Waals surface area contributed by atoms with Gasteiger partial charge in [-0.25, -0.2) is 4.79 Å². The van der Waals surface area contributed by atoms with Gasteiger partial charge in [-0.2, -0.15) is 11.3 Å². The molecule has 0 bridgehead atoms. The van der Waals surface area contributed by atoms with Crippen LogP contribution in [0, 0.1) is 0 Å². The fourth-order valence-corrected chi connectivity index (χ4v) is 2.21. The number of carbonyl (C=O) groups excluding carboxylic acids is 1. The predicted octanol–water partition coefficient (Wildman–Crippen LogP) is 2.80. The summed E-state index contributed by atoms with van der Waals surface area (Å²) in [4.78, 5) is 11.4. The van der Waals surface area contributed by atoms with Gasteiger partial charge in [0.15, 0.2) is 0 Å². The van der Waals surface area contributed by atoms with Gasteiger partial charge in [0, 0.05) is 6.54 Å². The summed E-state index contributed by atoms with van der Waals surface area (Å²) in [5.74, 6) is 0. The SMILES string of the molecule is CC(C)(C)OC(=O)NCCCNCCc1ccsc1. The van der Waals surface area contributed by atoms with Crippen molar-refractivity contribution in [1.82, 2.24) is 10.6 Å². The van der Waals surface area contributed by atoms with Crippen molar-refractivity contribution in [2.45, 2.75) is 39.2 Å². The van der Waals surface area contributed by atoms with Crippen LogP contribution in [-0.2, 0) is 11.2 Å². The van der Waals surface area contributed by atoms with Gasteiger partial charge in [-0.15, -0.1) is 0 Å². The first-order chi connectivity index (χ1) is 8.97. The Balaban J connectivity index is 1.92. The van der Waals surface area contributed by atoms with Gasteiger partial charge in [-0.3, -0.25) is 0 Å². The first-order valence-corrected chi connectivity index (χ1v) is 7.60. The fourth-order valence-electron chi connectivity index (χ4n) is 1.51. The molecule has 0 aliphatic heterocycles. The molecule has 0 aromatic carbocycles. The minimum absolute atomic E-state index is 0.342. The second kappa shape index (κ2) is 8.17. The third-order valence-corrected chi connectivity index (χ3v) is 3.10. The number of hydrogen-bond acceptors (Lipinski definition) is 4. The lowest BCUT2D eigenvalue weighted by Crippen LogP contribution is -2.34. The summed E-state index contributed by atoms with van der Waals surface area (Å²) >= 11 is 1.73. The van der Waals surface area contributed by atoms with E-state index in [9.17, 15) is 4.79 Å². The molecule has 19 heavy (non-hydrogen) atoms. The van der Waals surface area contributed by atoms with Gasteiger partial charge < -0.3 is 15.4 Å². The van der Waals surface area contributed by atoms with Crippen LogP contribution >= 0.6 is 11.3 Å². The minimum atomic E-state index is -0.428. The average Bonchev–Trinajstić information content (AvgIpc) is 2.78. The number of hydrogen-bond donors (Lipinski definition) is 2. The quantitative estimate of drug-likeness (QED) is 0.757. The molecule has 0 aliphatic carbocycles. The van der Waals surface area contributed by atoms with Crippen molar-refractivity contribution < 1.29 is 9.53 Å². The highest BCUT2D eigenvalue weighted by molar-refractivity contribution is 7.07. The molecule has 2 N–H and O–H groups in total. The van der Waals surface area contributed by atoms with E-state index in [-0.39, 0.29) is 6.09 Å². The molecule has 1 rings (SSSR count). The van der Waals surface area contributed by atoms with E-state index in [0.717, 1.165) is 25.9 Å². The Kier molecular flexibility index (Phi) is 6.87. The van der Waals surface area contributed by atoms with Crippen LogP contribution in [-0.4, -0.2) is 31.3 Å². The van der Waals surface area contributed by atoms with Gasteiger partial charge in [-0.05, 0) is 69.1 Å². The zero-order chi connectivity index (χ0) is 14.1. The van der Waals surface area contributed by atoms with Crippen molar-refractivity contribution in [3.63, 3.8) is 0 Å². The highest BCUT2D eigenvalue weighted by atomic mass is 32.1. The van der Waals surface area contributed by atoms with E-state index in [4.69, 9.17) is 4.74 Å². The molecule has 0 unspecified atom stereocenters. The number of thiophene rings is 1. The van der Waals surface area contributed by atoms with E-state index in [1.807, 2.05) is 20.8 Å². The van der Waals surface area contributed by atoms with Crippen molar-refractivity contribution in [2.24, 2.45) is 0 Å². The van der Waals surface area contributed by atoms with Crippen molar-refractivity contribution >= 4 is 17.4 Å². The standard InChI is InChI=1S/C14H24N2O2S/c1-14(2,3)18-13(17)16-8-4-7-15-9-5-12-6-10-19-11-12/h6,10-11,15H,4-5,7-9H2,1-3H3,(H,16,17). The molecular weight excluding hydrogens is 260 g/mol.